The minimum absolute atomic E-state index is 0. The summed E-state index contributed by atoms with van der Waals surface area (Å²) < 4.78 is 0. The number of hydrogen-bond acceptors (Lipinski definition) is 2. The number of benzene rings is 1. The molecule has 0 fully saturated rings. The van der Waals surface area contributed by atoms with Crippen molar-refractivity contribution in [2.24, 2.45) is 5.90 Å². The molecule has 9 heavy (non-hydrogen) atoms. The van der Waals surface area contributed by atoms with E-state index >= 15 is 0 Å². The molecule has 0 bridgehead atoms. The summed E-state index contributed by atoms with van der Waals surface area (Å²) in [6.45, 7) is 0. The van der Waals surface area contributed by atoms with E-state index in [1.165, 1.54) is 0 Å². The molecule has 0 radical (unpaired) electrons. The maximum absolute atomic E-state index is 4.85. The normalized spacial score (nSPS) is 7.67. The SMILES string of the molecule is NOc1ccccc1.[NaH]. The van der Waals surface area contributed by atoms with Gasteiger partial charge in [0.15, 0.2) is 0 Å². The van der Waals surface area contributed by atoms with E-state index in [1.807, 2.05) is 18.2 Å². The molecule has 0 unspecified atom stereocenters. The van der Waals surface area contributed by atoms with Crippen LogP contribution in [0.25, 0.3) is 0 Å². The van der Waals surface area contributed by atoms with E-state index in [9.17, 15) is 0 Å². The van der Waals surface area contributed by atoms with Gasteiger partial charge in [-0.3, -0.25) is 0 Å². The maximum atomic E-state index is 4.85. The van der Waals surface area contributed by atoms with Gasteiger partial charge >= 0.3 is 29.6 Å². The summed E-state index contributed by atoms with van der Waals surface area (Å²) in [5.74, 6) is 5.54. The predicted molar refractivity (Wildman–Crippen MR) is 38.4 cm³/mol. The molecule has 3 heteroatoms. The third-order valence-electron chi connectivity index (χ3n) is 0.879. The van der Waals surface area contributed by atoms with Gasteiger partial charge in [-0.25, -0.2) is 0 Å². The van der Waals surface area contributed by atoms with Crippen LogP contribution < -0.4 is 10.7 Å². The second kappa shape index (κ2) is 4.82. The van der Waals surface area contributed by atoms with Crippen molar-refractivity contribution >= 4 is 29.6 Å². The van der Waals surface area contributed by atoms with Crippen molar-refractivity contribution in [1.29, 1.82) is 0 Å². The van der Waals surface area contributed by atoms with Gasteiger partial charge < -0.3 is 4.84 Å². The molecule has 2 N–H and O–H groups in total. The van der Waals surface area contributed by atoms with Crippen molar-refractivity contribution in [3.05, 3.63) is 30.3 Å². The molecule has 0 amide bonds. The third-order valence-corrected chi connectivity index (χ3v) is 0.879. The van der Waals surface area contributed by atoms with Crippen LogP contribution in [-0.2, 0) is 0 Å². The molecule has 0 saturated heterocycles. The van der Waals surface area contributed by atoms with E-state index in [0.29, 0.717) is 5.75 Å². The van der Waals surface area contributed by atoms with Crippen LogP contribution in [0.5, 0.6) is 5.75 Å². The Morgan fingerprint density at radius 2 is 1.67 bits per heavy atom. The molecule has 1 rings (SSSR count). The Balaban J connectivity index is 0.000000640. The van der Waals surface area contributed by atoms with Crippen LogP contribution in [0.4, 0.5) is 0 Å². The van der Waals surface area contributed by atoms with Crippen molar-refractivity contribution in [2.75, 3.05) is 0 Å². The average Bonchev–Trinajstić information content (AvgIpc) is 1.90. The Morgan fingerprint density at radius 1 is 1.11 bits per heavy atom. The molecule has 0 aromatic heterocycles. The fraction of sp³-hybridized carbons (Fsp3) is 0. The fourth-order valence-corrected chi connectivity index (χ4v) is 0.499. The third kappa shape index (κ3) is 2.87. The second-order valence-electron chi connectivity index (χ2n) is 1.43. The summed E-state index contributed by atoms with van der Waals surface area (Å²) in [4.78, 5) is 4.41. The quantitative estimate of drug-likeness (QED) is 0.441. The van der Waals surface area contributed by atoms with Crippen molar-refractivity contribution < 1.29 is 4.84 Å². The first-order chi connectivity index (χ1) is 3.93. The molecular weight excluding hydrogens is 125 g/mol. The van der Waals surface area contributed by atoms with Gasteiger partial charge in [-0.15, -0.1) is 0 Å². The number of para-hydroxylation sites is 1. The van der Waals surface area contributed by atoms with Gasteiger partial charge in [0.1, 0.15) is 5.75 Å². The molecule has 0 aliphatic heterocycles. The minimum atomic E-state index is 0. The second-order valence-corrected chi connectivity index (χ2v) is 1.43. The van der Waals surface area contributed by atoms with Gasteiger partial charge in [0.05, 0.1) is 0 Å². The molecule has 0 heterocycles. The first-order valence-corrected chi connectivity index (χ1v) is 2.35. The molecule has 44 valence electrons. The van der Waals surface area contributed by atoms with E-state index in [0.717, 1.165) is 0 Å². The first kappa shape index (κ1) is 8.98. The molecule has 1 aromatic rings. The van der Waals surface area contributed by atoms with Gasteiger partial charge in [0.25, 0.3) is 0 Å². The Hall–Kier alpha value is -0.0200. The van der Waals surface area contributed by atoms with Gasteiger partial charge in [-0.05, 0) is 12.1 Å². The monoisotopic (exact) mass is 133 g/mol. The van der Waals surface area contributed by atoms with Crippen LogP contribution >= 0.6 is 0 Å². The van der Waals surface area contributed by atoms with Crippen LogP contribution in [0.1, 0.15) is 0 Å². The molecule has 0 spiro atoms. The predicted octanol–water partition coefficient (Wildman–Crippen LogP) is 0.291. The zero-order valence-electron chi connectivity index (χ0n) is 4.37. The van der Waals surface area contributed by atoms with E-state index in [1.54, 1.807) is 12.1 Å². The Bertz CT molecular complexity index is 154. The van der Waals surface area contributed by atoms with Crippen LogP contribution in [0.3, 0.4) is 0 Å². The summed E-state index contributed by atoms with van der Waals surface area (Å²) in [7, 11) is 0. The molecule has 0 atom stereocenters. The van der Waals surface area contributed by atoms with Crippen molar-refractivity contribution in [3.63, 3.8) is 0 Å². The van der Waals surface area contributed by atoms with E-state index in [2.05, 4.69) is 4.84 Å². The first-order valence-electron chi connectivity index (χ1n) is 2.35. The molecular formula is C6H8NNaO. The topological polar surface area (TPSA) is 35.2 Å². The number of nitrogens with two attached hydrogens (primary N) is 1. The molecule has 0 aliphatic carbocycles. The Labute approximate surface area is 76.3 Å². The van der Waals surface area contributed by atoms with Crippen LogP contribution in [0.2, 0.25) is 0 Å². The van der Waals surface area contributed by atoms with E-state index in [4.69, 9.17) is 5.90 Å². The fourth-order valence-electron chi connectivity index (χ4n) is 0.499. The van der Waals surface area contributed by atoms with E-state index < -0.39 is 0 Å². The number of rotatable bonds is 1. The Kier molecular flexibility index (Phi) is 4.81. The van der Waals surface area contributed by atoms with Gasteiger partial charge in [0, 0.05) is 0 Å². The van der Waals surface area contributed by atoms with Gasteiger partial charge in [-0.1, -0.05) is 18.2 Å². The standard InChI is InChI=1S/C6H7NO.Na.H/c7-8-6-4-2-1-3-5-6;;/h1-5H,7H2;;. The van der Waals surface area contributed by atoms with Gasteiger partial charge in [-0.2, -0.15) is 5.90 Å². The average molecular weight is 133 g/mol. The molecule has 0 aliphatic rings. The summed E-state index contributed by atoms with van der Waals surface area (Å²) in [6, 6.07) is 9.22. The number of hydrogen-bond donors (Lipinski definition) is 1. The molecule has 1 aromatic carbocycles. The van der Waals surface area contributed by atoms with Crippen molar-refractivity contribution in [1.82, 2.24) is 0 Å². The molecule has 2 nitrogen and oxygen atoms in total. The Morgan fingerprint density at radius 3 is 2.00 bits per heavy atom. The van der Waals surface area contributed by atoms with Crippen LogP contribution in [0.15, 0.2) is 30.3 Å². The van der Waals surface area contributed by atoms with E-state index in [-0.39, 0.29) is 29.6 Å². The summed E-state index contributed by atoms with van der Waals surface area (Å²) in [5.41, 5.74) is 0. The summed E-state index contributed by atoms with van der Waals surface area (Å²) in [6.07, 6.45) is 0. The van der Waals surface area contributed by atoms with Crippen molar-refractivity contribution in [3.8, 4) is 5.75 Å². The zero-order chi connectivity index (χ0) is 5.82. The summed E-state index contributed by atoms with van der Waals surface area (Å²) >= 11 is 0. The summed E-state index contributed by atoms with van der Waals surface area (Å²) in [5, 5.41) is 0. The van der Waals surface area contributed by atoms with Crippen LogP contribution in [0, 0.1) is 0 Å². The van der Waals surface area contributed by atoms with Gasteiger partial charge in [0.2, 0.25) is 0 Å². The zero-order valence-corrected chi connectivity index (χ0v) is 4.37. The molecule has 0 saturated carbocycles. The van der Waals surface area contributed by atoms with Crippen LogP contribution in [-0.4, -0.2) is 29.6 Å². The van der Waals surface area contributed by atoms with Crippen molar-refractivity contribution in [2.45, 2.75) is 0 Å².